The summed E-state index contributed by atoms with van der Waals surface area (Å²) in [6.45, 7) is 0. The highest BCUT2D eigenvalue weighted by molar-refractivity contribution is 8.13. The fraction of sp³-hybridized carbons (Fsp3) is 0.0769. The van der Waals surface area contributed by atoms with Crippen molar-refractivity contribution < 1.29 is 8.42 Å². The summed E-state index contributed by atoms with van der Waals surface area (Å²) in [7, 11) is 1.62. The first kappa shape index (κ1) is 12.1. The van der Waals surface area contributed by atoms with Crippen molar-refractivity contribution >= 4 is 19.7 Å². The molecule has 0 aromatic heterocycles. The molecule has 0 saturated carbocycles. The first-order valence-corrected chi connectivity index (χ1v) is 7.44. The molecule has 17 heavy (non-hydrogen) atoms. The normalized spacial score (nSPS) is 11.4. The molecule has 0 saturated heterocycles. The molecule has 2 nitrogen and oxygen atoms in total. The van der Waals surface area contributed by atoms with E-state index >= 15 is 0 Å². The molecule has 0 bridgehead atoms. The number of rotatable bonds is 3. The molecule has 0 amide bonds. The summed E-state index contributed by atoms with van der Waals surface area (Å²) in [6, 6.07) is 16.6. The van der Waals surface area contributed by atoms with Crippen LogP contribution in [-0.2, 0) is 15.5 Å². The van der Waals surface area contributed by atoms with Crippen LogP contribution in [0.25, 0.3) is 0 Å². The van der Waals surface area contributed by atoms with E-state index in [1.54, 1.807) is 12.1 Å². The molecule has 2 rings (SSSR count). The maximum absolute atomic E-state index is 11.1. The highest BCUT2D eigenvalue weighted by Gasteiger charge is 2.08. The third-order valence-electron chi connectivity index (χ3n) is 2.46. The maximum Gasteiger partial charge on any atom is 0.261 e. The number of hydrogen-bond acceptors (Lipinski definition) is 2. The molecular weight excluding hydrogens is 256 g/mol. The second kappa shape index (κ2) is 4.90. The van der Waals surface area contributed by atoms with Crippen LogP contribution in [0.2, 0.25) is 0 Å². The van der Waals surface area contributed by atoms with Gasteiger partial charge in [0.1, 0.15) is 0 Å². The molecule has 2 aromatic carbocycles. The van der Waals surface area contributed by atoms with Gasteiger partial charge < -0.3 is 0 Å². The second-order valence-corrected chi connectivity index (χ2v) is 6.31. The van der Waals surface area contributed by atoms with Gasteiger partial charge in [-0.1, -0.05) is 42.5 Å². The maximum atomic E-state index is 11.1. The van der Waals surface area contributed by atoms with Crippen molar-refractivity contribution in [3.63, 3.8) is 0 Å². The molecule has 88 valence electrons. The Morgan fingerprint density at radius 2 is 1.35 bits per heavy atom. The van der Waals surface area contributed by atoms with E-state index in [1.807, 2.05) is 30.3 Å². The fourth-order valence-electron chi connectivity index (χ4n) is 1.60. The molecule has 0 N–H and O–H groups in total. The van der Waals surface area contributed by atoms with E-state index < -0.39 is 9.05 Å². The average molecular weight is 267 g/mol. The third kappa shape index (κ3) is 3.32. The van der Waals surface area contributed by atoms with Gasteiger partial charge in [-0.3, -0.25) is 0 Å². The molecular formula is C13H11ClO2S. The van der Waals surface area contributed by atoms with E-state index in [0.717, 1.165) is 12.0 Å². The van der Waals surface area contributed by atoms with E-state index in [2.05, 4.69) is 0 Å². The van der Waals surface area contributed by atoms with Crippen LogP contribution >= 0.6 is 10.7 Å². The summed E-state index contributed by atoms with van der Waals surface area (Å²) in [6.07, 6.45) is 0.781. The molecule has 0 fully saturated rings. The van der Waals surface area contributed by atoms with E-state index in [-0.39, 0.29) is 4.90 Å². The first-order valence-electron chi connectivity index (χ1n) is 5.13. The van der Waals surface area contributed by atoms with Gasteiger partial charge in [0.05, 0.1) is 4.90 Å². The predicted molar refractivity (Wildman–Crippen MR) is 68.7 cm³/mol. The van der Waals surface area contributed by atoms with Gasteiger partial charge in [-0.05, 0) is 29.7 Å². The Hall–Kier alpha value is -1.32. The van der Waals surface area contributed by atoms with Crippen molar-refractivity contribution in [3.05, 3.63) is 65.7 Å². The smallest absolute Gasteiger partial charge is 0.207 e. The Balaban J connectivity index is 2.20. The van der Waals surface area contributed by atoms with Crippen molar-refractivity contribution in [1.82, 2.24) is 0 Å². The Labute approximate surface area is 105 Å². The van der Waals surface area contributed by atoms with Crippen LogP contribution in [0.1, 0.15) is 11.1 Å². The molecule has 2 aromatic rings. The SMILES string of the molecule is O=S(=O)(Cl)c1ccc(Cc2ccccc2)cc1. The zero-order valence-electron chi connectivity index (χ0n) is 9.01. The van der Waals surface area contributed by atoms with Crippen molar-refractivity contribution in [2.24, 2.45) is 0 Å². The summed E-state index contributed by atoms with van der Waals surface area (Å²) in [4.78, 5) is 0.135. The molecule has 0 aliphatic heterocycles. The van der Waals surface area contributed by atoms with Crippen LogP contribution in [0, 0.1) is 0 Å². The molecule has 4 heteroatoms. The van der Waals surface area contributed by atoms with Crippen molar-refractivity contribution in [2.75, 3.05) is 0 Å². The van der Waals surface area contributed by atoms with Gasteiger partial charge in [0, 0.05) is 10.7 Å². The minimum absolute atomic E-state index is 0.135. The standard InChI is InChI=1S/C13H11ClO2S/c14-17(15,16)13-8-6-12(7-9-13)10-11-4-2-1-3-5-11/h1-9H,10H2. The molecule has 0 spiro atoms. The average Bonchev–Trinajstić information content (AvgIpc) is 2.30. The van der Waals surface area contributed by atoms with Crippen molar-refractivity contribution in [3.8, 4) is 0 Å². The van der Waals surface area contributed by atoms with Gasteiger partial charge in [0.2, 0.25) is 0 Å². The molecule has 0 radical (unpaired) electrons. The Morgan fingerprint density at radius 3 is 1.88 bits per heavy atom. The summed E-state index contributed by atoms with van der Waals surface area (Å²) in [5.41, 5.74) is 2.24. The molecule has 0 atom stereocenters. The zero-order valence-corrected chi connectivity index (χ0v) is 10.6. The molecule has 0 heterocycles. The lowest BCUT2D eigenvalue weighted by atomic mass is 10.1. The quantitative estimate of drug-likeness (QED) is 0.800. The topological polar surface area (TPSA) is 34.1 Å². The minimum atomic E-state index is -3.62. The summed E-state index contributed by atoms with van der Waals surface area (Å²) in [5.74, 6) is 0. The van der Waals surface area contributed by atoms with E-state index in [1.165, 1.54) is 17.7 Å². The van der Waals surface area contributed by atoms with E-state index in [9.17, 15) is 8.42 Å². The van der Waals surface area contributed by atoms with Gasteiger partial charge >= 0.3 is 0 Å². The molecule has 0 aliphatic carbocycles. The van der Waals surface area contributed by atoms with Gasteiger partial charge in [0.15, 0.2) is 0 Å². The number of halogens is 1. The second-order valence-electron chi connectivity index (χ2n) is 3.74. The number of benzene rings is 2. The highest BCUT2D eigenvalue weighted by Crippen LogP contribution is 2.17. The van der Waals surface area contributed by atoms with Gasteiger partial charge in [0.25, 0.3) is 9.05 Å². The summed E-state index contributed by atoms with van der Waals surface area (Å²) >= 11 is 0. The van der Waals surface area contributed by atoms with Gasteiger partial charge in [-0.15, -0.1) is 0 Å². The summed E-state index contributed by atoms with van der Waals surface area (Å²) < 4.78 is 22.1. The lowest BCUT2D eigenvalue weighted by Gasteiger charge is -2.02. The van der Waals surface area contributed by atoms with Crippen molar-refractivity contribution in [1.29, 1.82) is 0 Å². The van der Waals surface area contributed by atoms with E-state index in [4.69, 9.17) is 10.7 Å². The van der Waals surface area contributed by atoms with Crippen molar-refractivity contribution in [2.45, 2.75) is 11.3 Å². The van der Waals surface area contributed by atoms with E-state index in [0.29, 0.717) is 0 Å². The highest BCUT2D eigenvalue weighted by atomic mass is 35.7. The summed E-state index contributed by atoms with van der Waals surface area (Å²) in [5, 5.41) is 0. The fourth-order valence-corrected chi connectivity index (χ4v) is 2.37. The van der Waals surface area contributed by atoms with Crippen LogP contribution < -0.4 is 0 Å². The van der Waals surface area contributed by atoms with Crippen LogP contribution in [0.3, 0.4) is 0 Å². The zero-order chi connectivity index (χ0) is 12.3. The number of hydrogen-bond donors (Lipinski definition) is 0. The lowest BCUT2D eigenvalue weighted by molar-refractivity contribution is 0.609. The molecule has 0 unspecified atom stereocenters. The Bertz CT molecular complexity index is 589. The minimum Gasteiger partial charge on any atom is -0.207 e. The van der Waals surface area contributed by atoms with Crippen LogP contribution in [0.4, 0.5) is 0 Å². The van der Waals surface area contributed by atoms with Crippen LogP contribution in [0.15, 0.2) is 59.5 Å². The first-order chi connectivity index (χ1) is 8.05. The lowest BCUT2D eigenvalue weighted by Crippen LogP contribution is -1.92. The molecule has 0 aliphatic rings. The Morgan fingerprint density at radius 1 is 0.824 bits per heavy atom. The van der Waals surface area contributed by atoms with Gasteiger partial charge in [-0.25, -0.2) is 8.42 Å². The van der Waals surface area contributed by atoms with Gasteiger partial charge in [-0.2, -0.15) is 0 Å². The largest absolute Gasteiger partial charge is 0.261 e. The monoisotopic (exact) mass is 266 g/mol. The third-order valence-corrected chi connectivity index (χ3v) is 3.83. The van der Waals surface area contributed by atoms with Crippen LogP contribution in [-0.4, -0.2) is 8.42 Å². The van der Waals surface area contributed by atoms with Crippen LogP contribution in [0.5, 0.6) is 0 Å². The predicted octanol–water partition coefficient (Wildman–Crippen LogP) is 3.20. The Kier molecular flexibility index (Phi) is 3.50.